The van der Waals surface area contributed by atoms with Crippen molar-refractivity contribution in [1.29, 1.82) is 5.26 Å². The monoisotopic (exact) mass is 175 g/mol. The molecule has 0 fully saturated rings. The largest absolute Gasteiger partial charge is 0.357 e. The van der Waals surface area contributed by atoms with E-state index in [0.29, 0.717) is 5.56 Å². The van der Waals surface area contributed by atoms with Gasteiger partial charge in [0.1, 0.15) is 11.9 Å². The van der Waals surface area contributed by atoms with Gasteiger partial charge in [0.25, 0.3) is 0 Å². The highest BCUT2D eigenvalue weighted by atomic mass is 15.2. The summed E-state index contributed by atoms with van der Waals surface area (Å²) in [5.41, 5.74) is 0.607. The number of pyridine rings is 1. The third-order valence-electron chi connectivity index (χ3n) is 1.96. The SMILES string of the molecule is CCN(CC)c1ccc(C#N)cn1. The van der Waals surface area contributed by atoms with Gasteiger partial charge in [-0.2, -0.15) is 5.26 Å². The normalized spacial score (nSPS) is 9.31. The second kappa shape index (κ2) is 4.46. The summed E-state index contributed by atoms with van der Waals surface area (Å²) in [6.45, 7) is 6.05. The Balaban J connectivity index is 2.85. The lowest BCUT2D eigenvalue weighted by Crippen LogP contribution is -2.22. The third-order valence-corrected chi connectivity index (χ3v) is 1.96. The average Bonchev–Trinajstić information content (AvgIpc) is 2.21. The van der Waals surface area contributed by atoms with Crippen molar-refractivity contribution in [3.8, 4) is 6.07 Å². The first-order valence-electron chi connectivity index (χ1n) is 4.43. The molecule has 0 atom stereocenters. The number of rotatable bonds is 3. The van der Waals surface area contributed by atoms with Gasteiger partial charge in [-0.3, -0.25) is 0 Å². The van der Waals surface area contributed by atoms with E-state index in [9.17, 15) is 0 Å². The number of anilines is 1. The van der Waals surface area contributed by atoms with Crippen LogP contribution in [-0.2, 0) is 0 Å². The fourth-order valence-corrected chi connectivity index (χ4v) is 1.19. The molecule has 0 bridgehead atoms. The zero-order valence-corrected chi connectivity index (χ0v) is 7.99. The second-order valence-electron chi connectivity index (χ2n) is 2.69. The van der Waals surface area contributed by atoms with Crippen molar-refractivity contribution in [3.05, 3.63) is 23.9 Å². The van der Waals surface area contributed by atoms with Crippen LogP contribution in [0.1, 0.15) is 19.4 Å². The van der Waals surface area contributed by atoms with Crippen LogP contribution in [0.3, 0.4) is 0 Å². The molecule has 0 aliphatic heterocycles. The summed E-state index contributed by atoms with van der Waals surface area (Å²) in [4.78, 5) is 6.33. The van der Waals surface area contributed by atoms with Crippen LogP contribution in [0.25, 0.3) is 0 Å². The van der Waals surface area contributed by atoms with Crippen LogP contribution in [0.4, 0.5) is 5.82 Å². The summed E-state index contributed by atoms with van der Waals surface area (Å²) in [6.07, 6.45) is 1.60. The minimum absolute atomic E-state index is 0.607. The molecule has 0 saturated heterocycles. The molecule has 0 aromatic carbocycles. The van der Waals surface area contributed by atoms with E-state index in [2.05, 4.69) is 23.7 Å². The van der Waals surface area contributed by atoms with Crippen LogP contribution >= 0.6 is 0 Å². The quantitative estimate of drug-likeness (QED) is 0.703. The van der Waals surface area contributed by atoms with Gasteiger partial charge < -0.3 is 4.90 Å². The summed E-state index contributed by atoms with van der Waals surface area (Å²) in [5, 5.41) is 8.58. The van der Waals surface area contributed by atoms with E-state index in [1.165, 1.54) is 0 Å². The van der Waals surface area contributed by atoms with Crippen molar-refractivity contribution < 1.29 is 0 Å². The third kappa shape index (κ3) is 2.19. The predicted octanol–water partition coefficient (Wildman–Crippen LogP) is 1.80. The van der Waals surface area contributed by atoms with Gasteiger partial charge in [0.05, 0.1) is 5.56 Å². The Kier molecular flexibility index (Phi) is 3.27. The Morgan fingerprint density at radius 3 is 2.46 bits per heavy atom. The van der Waals surface area contributed by atoms with Crippen molar-refractivity contribution >= 4 is 5.82 Å². The van der Waals surface area contributed by atoms with Gasteiger partial charge in [0, 0.05) is 19.3 Å². The van der Waals surface area contributed by atoms with Crippen LogP contribution in [0.5, 0.6) is 0 Å². The number of aromatic nitrogens is 1. The first kappa shape index (κ1) is 9.53. The minimum Gasteiger partial charge on any atom is -0.357 e. The number of nitrogens with zero attached hydrogens (tertiary/aromatic N) is 3. The molecule has 0 spiro atoms. The molecule has 0 saturated carbocycles. The Labute approximate surface area is 78.6 Å². The molecular weight excluding hydrogens is 162 g/mol. The Morgan fingerprint density at radius 2 is 2.08 bits per heavy atom. The molecule has 1 aromatic rings. The van der Waals surface area contributed by atoms with Crippen molar-refractivity contribution in [2.75, 3.05) is 18.0 Å². The highest BCUT2D eigenvalue weighted by Gasteiger charge is 2.01. The first-order chi connectivity index (χ1) is 6.31. The molecule has 3 nitrogen and oxygen atoms in total. The molecule has 3 heteroatoms. The van der Waals surface area contributed by atoms with Crippen LogP contribution < -0.4 is 4.90 Å². The Morgan fingerprint density at radius 1 is 1.38 bits per heavy atom. The van der Waals surface area contributed by atoms with Gasteiger partial charge in [0.15, 0.2) is 0 Å². The maximum absolute atomic E-state index is 8.58. The van der Waals surface area contributed by atoms with E-state index in [-0.39, 0.29) is 0 Å². The van der Waals surface area contributed by atoms with Gasteiger partial charge in [-0.15, -0.1) is 0 Å². The van der Waals surface area contributed by atoms with Crippen molar-refractivity contribution in [2.24, 2.45) is 0 Å². The van der Waals surface area contributed by atoms with E-state index in [4.69, 9.17) is 5.26 Å². The van der Waals surface area contributed by atoms with Crippen LogP contribution in [-0.4, -0.2) is 18.1 Å². The summed E-state index contributed by atoms with van der Waals surface area (Å²) in [5.74, 6) is 0.934. The fourth-order valence-electron chi connectivity index (χ4n) is 1.19. The lowest BCUT2D eigenvalue weighted by Gasteiger charge is -2.19. The molecular formula is C10H13N3. The molecule has 0 radical (unpaired) electrons. The number of hydrogen-bond donors (Lipinski definition) is 0. The van der Waals surface area contributed by atoms with E-state index >= 15 is 0 Å². The van der Waals surface area contributed by atoms with Crippen LogP contribution in [0, 0.1) is 11.3 Å². The lowest BCUT2D eigenvalue weighted by atomic mass is 10.3. The predicted molar refractivity (Wildman–Crippen MR) is 52.5 cm³/mol. The van der Waals surface area contributed by atoms with Crippen molar-refractivity contribution in [1.82, 2.24) is 4.98 Å². The minimum atomic E-state index is 0.607. The van der Waals surface area contributed by atoms with E-state index in [0.717, 1.165) is 18.9 Å². The van der Waals surface area contributed by atoms with Gasteiger partial charge >= 0.3 is 0 Å². The van der Waals surface area contributed by atoms with Gasteiger partial charge in [0.2, 0.25) is 0 Å². The summed E-state index contributed by atoms with van der Waals surface area (Å²) in [6, 6.07) is 5.72. The van der Waals surface area contributed by atoms with E-state index in [1.807, 2.05) is 12.1 Å². The Bertz CT molecular complexity index is 293. The molecule has 0 amide bonds. The topological polar surface area (TPSA) is 39.9 Å². The second-order valence-corrected chi connectivity index (χ2v) is 2.69. The molecule has 1 aromatic heterocycles. The molecule has 1 rings (SSSR count). The zero-order valence-electron chi connectivity index (χ0n) is 7.99. The highest BCUT2D eigenvalue weighted by Crippen LogP contribution is 2.09. The molecule has 0 unspecified atom stereocenters. The highest BCUT2D eigenvalue weighted by molar-refractivity contribution is 5.41. The molecule has 0 N–H and O–H groups in total. The van der Waals surface area contributed by atoms with Crippen LogP contribution in [0.2, 0.25) is 0 Å². The van der Waals surface area contributed by atoms with E-state index < -0.39 is 0 Å². The molecule has 68 valence electrons. The average molecular weight is 175 g/mol. The van der Waals surface area contributed by atoms with Crippen molar-refractivity contribution in [3.63, 3.8) is 0 Å². The molecule has 0 aliphatic rings. The van der Waals surface area contributed by atoms with Crippen LogP contribution in [0.15, 0.2) is 18.3 Å². The first-order valence-corrected chi connectivity index (χ1v) is 4.43. The smallest absolute Gasteiger partial charge is 0.128 e. The fraction of sp³-hybridized carbons (Fsp3) is 0.400. The summed E-state index contributed by atoms with van der Waals surface area (Å²) in [7, 11) is 0. The Hall–Kier alpha value is -1.56. The molecule has 1 heterocycles. The molecule has 13 heavy (non-hydrogen) atoms. The number of nitriles is 1. The van der Waals surface area contributed by atoms with Crippen molar-refractivity contribution in [2.45, 2.75) is 13.8 Å². The van der Waals surface area contributed by atoms with Gasteiger partial charge in [-0.05, 0) is 26.0 Å². The summed E-state index contributed by atoms with van der Waals surface area (Å²) < 4.78 is 0. The summed E-state index contributed by atoms with van der Waals surface area (Å²) >= 11 is 0. The lowest BCUT2D eigenvalue weighted by molar-refractivity contribution is 0.846. The zero-order chi connectivity index (χ0) is 9.68. The number of hydrogen-bond acceptors (Lipinski definition) is 3. The maximum atomic E-state index is 8.58. The van der Waals surface area contributed by atoms with E-state index in [1.54, 1.807) is 12.3 Å². The standard InChI is InChI=1S/C10H13N3/c1-3-13(4-2)10-6-5-9(7-11)8-12-10/h5-6,8H,3-4H2,1-2H3. The molecule has 0 aliphatic carbocycles. The van der Waals surface area contributed by atoms with Gasteiger partial charge in [-0.25, -0.2) is 4.98 Å². The maximum Gasteiger partial charge on any atom is 0.128 e. The van der Waals surface area contributed by atoms with Gasteiger partial charge in [-0.1, -0.05) is 0 Å².